The van der Waals surface area contributed by atoms with E-state index in [0.29, 0.717) is 17.5 Å². The minimum Gasteiger partial charge on any atom is -0.497 e. The number of ether oxygens (including phenoxy) is 1. The average molecular weight is 406 g/mol. The van der Waals surface area contributed by atoms with E-state index in [0.717, 1.165) is 34.0 Å². The number of halogens is 1. The van der Waals surface area contributed by atoms with Crippen LogP contribution in [-0.4, -0.2) is 26.6 Å². The molecule has 0 spiro atoms. The van der Waals surface area contributed by atoms with Gasteiger partial charge in [-0.05, 0) is 29.8 Å². The van der Waals surface area contributed by atoms with Gasteiger partial charge in [0.15, 0.2) is 0 Å². The van der Waals surface area contributed by atoms with Crippen molar-refractivity contribution in [2.75, 3.05) is 12.4 Å². The van der Waals surface area contributed by atoms with Crippen LogP contribution in [0.5, 0.6) is 5.75 Å². The van der Waals surface area contributed by atoms with Crippen molar-refractivity contribution in [3.8, 4) is 28.4 Å². The molecular formula is C22H20ClN5O. The third-order valence-corrected chi connectivity index (χ3v) is 4.81. The van der Waals surface area contributed by atoms with E-state index >= 15 is 0 Å². The molecule has 0 saturated heterocycles. The van der Waals surface area contributed by atoms with E-state index in [1.165, 1.54) is 0 Å². The maximum atomic E-state index is 6.07. The monoisotopic (exact) mass is 405 g/mol. The molecule has 0 bridgehead atoms. The van der Waals surface area contributed by atoms with Crippen LogP contribution in [0.15, 0.2) is 67.1 Å². The quantitative estimate of drug-likeness (QED) is 0.498. The van der Waals surface area contributed by atoms with Crippen molar-refractivity contribution >= 4 is 17.5 Å². The van der Waals surface area contributed by atoms with E-state index < -0.39 is 0 Å². The highest BCUT2D eigenvalue weighted by molar-refractivity contribution is 6.30. The number of nitrogens with zero attached hydrogens (tertiary/aromatic N) is 4. The van der Waals surface area contributed by atoms with Crippen molar-refractivity contribution in [2.24, 2.45) is 7.05 Å². The Hall–Kier alpha value is -3.38. The van der Waals surface area contributed by atoms with Crippen LogP contribution in [0.25, 0.3) is 22.6 Å². The van der Waals surface area contributed by atoms with Crippen molar-refractivity contribution in [2.45, 2.75) is 6.54 Å². The zero-order chi connectivity index (χ0) is 20.2. The summed E-state index contributed by atoms with van der Waals surface area (Å²) in [6, 6.07) is 15.5. The number of hydrogen-bond donors (Lipinski definition) is 1. The fraction of sp³-hybridized carbons (Fsp3) is 0.136. The van der Waals surface area contributed by atoms with Gasteiger partial charge in [0.05, 0.1) is 18.4 Å². The standard InChI is InChI=1S/C22H20ClN5O/c1-28-11-10-24-21(28)19-14-26-22(25-13-15-4-3-5-18(12-15)29-2)27-20(19)16-6-8-17(23)9-7-16/h3-12,14H,13H2,1-2H3,(H,25,26,27). The highest BCUT2D eigenvalue weighted by Crippen LogP contribution is 2.30. The summed E-state index contributed by atoms with van der Waals surface area (Å²) < 4.78 is 7.23. The molecule has 0 atom stereocenters. The Morgan fingerprint density at radius 2 is 1.93 bits per heavy atom. The molecule has 0 aliphatic carbocycles. The van der Waals surface area contributed by atoms with Crippen molar-refractivity contribution in [3.05, 3.63) is 77.7 Å². The molecular weight excluding hydrogens is 386 g/mol. The number of aryl methyl sites for hydroxylation is 1. The average Bonchev–Trinajstić information content (AvgIpc) is 3.18. The normalized spacial score (nSPS) is 10.7. The van der Waals surface area contributed by atoms with Gasteiger partial charge in [0.2, 0.25) is 5.95 Å². The Kier molecular flexibility index (Phi) is 5.44. The molecule has 146 valence electrons. The van der Waals surface area contributed by atoms with Gasteiger partial charge in [-0.1, -0.05) is 35.9 Å². The first-order valence-electron chi connectivity index (χ1n) is 9.11. The van der Waals surface area contributed by atoms with Gasteiger partial charge >= 0.3 is 0 Å². The van der Waals surface area contributed by atoms with E-state index in [-0.39, 0.29) is 0 Å². The van der Waals surface area contributed by atoms with E-state index in [2.05, 4.69) is 15.3 Å². The molecule has 0 amide bonds. The molecule has 0 fully saturated rings. The third kappa shape index (κ3) is 4.22. The Bertz CT molecular complexity index is 1120. The van der Waals surface area contributed by atoms with E-state index in [4.69, 9.17) is 21.3 Å². The van der Waals surface area contributed by atoms with Crippen molar-refractivity contribution in [1.29, 1.82) is 0 Å². The van der Waals surface area contributed by atoms with Crippen molar-refractivity contribution < 1.29 is 4.74 Å². The summed E-state index contributed by atoms with van der Waals surface area (Å²) >= 11 is 6.07. The predicted molar refractivity (Wildman–Crippen MR) is 115 cm³/mol. The van der Waals surface area contributed by atoms with Crippen LogP contribution < -0.4 is 10.1 Å². The van der Waals surface area contributed by atoms with Gasteiger partial charge < -0.3 is 14.6 Å². The van der Waals surface area contributed by atoms with Gasteiger partial charge in [-0.3, -0.25) is 0 Å². The lowest BCUT2D eigenvalue weighted by molar-refractivity contribution is 0.414. The van der Waals surface area contributed by atoms with Crippen molar-refractivity contribution in [1.82, 2.24) is 19.5 Å². The number of imidazole rings is 1. The Morgan fingerprint density at radius 3 is 2.66 bits per heavy atom. The van der Waals surface area contributed by atoms with Gasteiger partial charge in [-0.2, -0.15) is 0 Å². The van der Waals surface area contributed by atoms with Crippen LogP contribution >= 0.6 is 11.6 Å². The molecule has 4 aromatic rings. The SMILES string of the molecule is COc1cccc(CNc2ncc(-c3nccn3C)c(-c3ccc(Cl)cc3)n2)c1. The van der Waals surface area contributed by atoms with Gasteiger partial charge in [-0.15, -0.1) is 0 Å². The Morgan fingerprint density at radius 1 is 1.10 bits per heavy atom. The number of anilines is 1. The zero-order valence-corrected chi connectivity index (χ0v) is 16.9. The molecule has 0 unspecified atom stereocenters. The Balaban J connectivity index is 1.68. The second-order valence-electron chi connectivity index (χ2n) is 6.53. The molecule has 0 saturated carbocycles. The second kappa shape index (κ2) is 8.32. The van der Waals surface area contributed by atoms with E-state index in [9.17, 15) is 0 Å². The fourth-order valence-electron chi connectivity index (χ4n) is 3.05. The molecule has 2 aromatic heterocycles. The van der Waals surface area contributed by atoms with Gasteiger partial charge in [0.1, 0.15) is 11.6 Å². The van der Waals surface area contributed by atoms with Crippen molar-refractivity contribution in [3.63, 3.8) is 0 Å². The van der Waals surface area contributed by atoms with Crippen LogP contribution in [0.3, 0.4) is 0 Å². The summed E-state index contributed by atoms with van der Waals surface area (Å²) in [6.45, 7) is 0.582. The summed E-state index contributed by atoms with van der Waals surface area (Å²) in [5, 5.41) is 3.97. The number of nitrogens with one attached hydrogen (secondary N) is 1. The number of benzene rings is 2. The minimum absolute atomic E-state index is 0.538. The predicted octanol–water partition coefficient (Wildman–Crippen LogP) is 4.82. The molecule has 0 aliphatic rings. The summed E-state index contributed by atoms with van der Waals surface area (Å²) in [5.41, 5.74) is 3.67. The molecule has 0 radical (unpaired) electrons. The molecule has 6 nitrogen and oxygen atoms in total. The summed E-state index contributed by atoms with van der Waals surface area (Å²) in [6.07, 6.45) is 5.46. The third-order valence-electron chi connectivity index (χ3n) is 4.55. The number of methoxy groups -OCH3 is 1. The first kappa shape index (κ1) is 19.0. The van der Waals surface area contributed by atoms with Gasteiger partial charge in [0, 0.05) is 42.8 Å². The molecule has 1 N–H and O–H groups in total. The molecule has 2 aromatic carbocycles. The van der Waals surface area contributed by atoms with E-state index in [1.54, 1.807) is 19.5 Å². The van der Waals surface area contributed by atoms with Crippen LogP contribution in [-0.2, 0) is 13.6 Å². The highest BCUT2D eigenvalue weighted by atomic mass is 35.5. The molecule has 0 aliphatic heterocycles. The topological polar surface area (TPSA) is 64.9 Å². The first-order chi connectivity index (χ1) is 14.1. The van der Waals surface area contributed by atoms with Crippen LogP contribution in [0, 0.1) is 0 Å². The smallest absolute Gasteiger partial charge is 0.223 e. The second-order valence-corrected chi connectivity index (χ2v) is 6.97. The fourth-order valence-corrected chi connectivity index (χ4v) is 3.17. The summed E-state index contributed by atoms with van der Waals surface area (Å²) in [4.78, 5) is 13.7. The lowest BCUT2D eigenvalue weighted by atomic mass is 10.1. The summed E-state index contributed by atoms with van der Waals surface area (Å²) in [5.74, 6) is 2.15. The van der Waals surface area contributed by atoms with Crippen LogP contribution in [0.4, 0.5) is 5.95 Å². The largest absolute Gasteiger partial charge is 0.497 e. The Labute approximate surface area is 174 Å². The minimum atomic E-state index is 0.538. The van der Waals surface area contributed by atoms with Gasteiger partial charge in [-0.25, -0.2) is 15.0 Å². The van der Waals surface area contributed by atoms with Crippen LogP contribution in [0.2, 0.25) is 5.02 Å². The maximum absolute atomic E-state index is 6.07. The maximum Gasteiger partial charge on any atom is 0.223 e. The number of aromatic nitrogens is 4. The number of hydrogen-bond acceptors (Lipinski definition) is 5. The lowest BCUT2D eigenvalue weighted by Crippen LogP contribution is -2.06. The summed E-state index contributed by atoms with van der Waals surface area (Å²) in [7, 11) is 3.60. The lowest BCUT2D eigenvalue weighted by Gasteiger charge is -2.12. The molecule has 29 heavy (non-hydrogen) atoms. The van der Waals surface area contributed by atoms with E-state index in [1.807, 2.05) is 66.3 Å². The molecule has 2 heterocycles. The molecule has 4 rings (SSSR count). The van der Waals surface area contributed by atoms with Crippen LogP contribution in [0.1, 0.15) is 5.56 Å². The molecule has 7 heteroatoms. The highest BCUT2D eigenvalue weighted by Gasteiger charge is 2.15. The van der Waals surface area contributed by atoms with Gasteiger partial charge in [0.25, 0.3) is 0 Å². The first-order valence-corrected chi connectivity index (χ1v) is 9.49. The number of rotatable bonds is 6. The zero-order valence-electron chi connectivity index (χ0n) is 16.1.